The highest BCUT2D eigenvalue weighted by molar-refractivity contribution is 5.91. The van der Waals surface area contributed by atoms with Crippen LogP contribution in [-0.4, -0.2) is 12.7 Å². The topological polar surface area (TPSA) is 29.5 Å². The van der Waals surface area contributed by atoms with Gasteiger partial charge in [0.1, 0.15) is 0 Å². The molecular formula is C14H17NO2. The number of carbonyl (C=O) groups excluding carboxylic acids is 1. The van der Waals surface area contributed by atoms with Crippen LogP contribution >= 0.6 is 0 Å². The average molecular weight is 231 g/mol. The van der Waals surface area contributed by atoms with E-state index in [4.69, 9.17) is 4.74 Å². The number of ether oxygens (including phenoxy) is 1. The number of fused-ring (bicyclic) bond motifs is 1. The number of para-hydroxylation sites is 1. The lowest BCUT2D eigenvalue weighted by atomic mass is 10.1. The molecule has 0 fully saturated rings. The molecule has 1 heterocycles. The van der Waals surface area contributed by atoms with Gasteiger partial charge < -0.3 is 4.74 Å². The zero-order valence-corrected chi connectivity index (χ0v) is 10.2. The molecule has 1 aromatic carbocycles. The normalized spacial score (nSPS) is 13.7. The van der Waals surface area contributed by atoms with Gasteiger partial charge in [-0.3, -0.25) is 4.90 Å². The summed E-state index contributed by atoms with van der Waals surface area (Å²) in [6.07, 6.45) is 4.32. The predicted octanol–water partition coefficient (Wildman–Crippen LogP) is 3.36. The molecule has 0 aromatic heterocycles. The second-order valence-corrected chi connectivity index (χ2v) is 4.56. The largest absolute Gasteiger partial charge is 0.449 e. The molecule has 1 amide bonds. The van der Waals surface area contributed by atoms with Crippen molar-refractivity contribution in [3.8, 4) is 0 Å². The van der Waals surface area contributed by atoms with Crippen LogP contribution in [0.5, 0.6) is 0 Å². The van der Waals surface area contributed by atoms with Crippen molar-refractivity contribution in [1.82, 2.24) is 0 Å². The molecule has 0 saturated carbocycles. The maximum Gasteiger partial charge on any atom is 0.418 e. The minimum Gasteiger partial charge on any atom is -0.449 e. The SMILES string of the molecule is CC(C)COC(=O)N1C=CCc2ccccc21. The molecule has 2 rings (SSSR count). The molecule has 0 N–H and O–H groups in total. The third-order valence-corrected chi connectivity index (χ3v) is 2.58. The molecule has 90 valence electrons. The molecule has 3 nitrogen and oxygen atoms in total. The fourth-order valence-electron chi connectivity index (χ4n) is 1.75. The lowest BCUT2D eigenvalue weighted by Crippen LogP contribution is -2.29. The number of allylic oxidation sites excluding steroid dienone is 1. The number of carbonyl (C=O) groups is 1. The van der Waals surface area contributed by atoms with E-state index in [9.17, 15) is 4.79 Å². The quantitative estimate of drug-likeness (QED) is 0.781. The maximum atomic E-state index is 11.9. The number of nitrogens with zero attached hydrogens (tertiary/aromatic N) is 1. The van der Waals surface area contributed by atoms with Crippen LogP contribution in [-0.2, 0) is 11.2 Å². The summed E-state index contributed by atoms with van der Waals surface area (Å²) in [5.74, 6) is 0.350. The van der Waals surface area contributed by atoms with Gasteiger partial charge in [-0.2, -0.15) is 0 Å². The van der Waals surface area contributed by atoms with Crippen molar-refractivity contribution in [2.45, 2.75) is 20.3 Å². The van der Waals surface area contributed by atoms with Crippen LogP contribution in [0.2, 0.25) is 0 Å². The van der Waals surface area contributed by atoms with E-state index in [0.717, 1.165) is 17.7 Å². The monoisotopic (exact) mass is 231 g/mol. The molecule has 0 bridgehead atoms. The zero-order chi connectivity index (χ0) is 12.3. The van der Waals surface area contributed by atoms with Crippen LogP contribution in [0.4, 0.5) is 10.5 Å². The molecule has 1 aromatic rings. The standard InChI is InChI=1S/C14H17NO2/c1-11(2)10-17-14(16)15-9-5-7-12-6-3-4-8-13(12)15/h3-6,8-9,11H,7,10H2,1-2H3. The number of rotatable bonds is 2. The van der Waals surface area contributed by atoms with Gasteiger partial charge in [0, 0.05) is 6.20 Å². The van der Waals surface area contributed by atoms with Gasteiger partial charge in [-0.1, -0.05) is 38.1 Å². The molecule has 0 spiro atoms. The van der Waals surface area contributed by atoms with E-state index in [-0.39, 0.29) is 6.09 Å². The highest BCUT2D eigenvalue weighted by atomic mass is 16.6. The zero-order valence-electron chi connectivity index (χ0n) is 10.2. The van der Waals surface area contributed by atoms with E-state index in [1.807, 2.05) is 44.2 Å². The number of hydrogen-bond acceptors (Lipinski definition) is 2. The Kier molecular flexibility index (Phi) is 3.47. The van der Waals surface area contributed by atoms with Crippen LogP contribution in [0.1, 0.15) is 19.4 Å². The minimum atomic E-state index is -0.304. The van der Waals surface area contributed by atoms with Gasteiger partial charge in [-0.25, -0.2) is 4.79 Å². The van der Waals surface area contributed by atoms with Gasteiger partial charge in [-0.15, -0.1) is 0 Å². The Morgan fingerprint density at radius 2 is 2.18 bits per heavy atom. The Hall–Kier alpha value is -1.77. The lowest BCUT2D eigenvalue weighted by molar-refractivity contribution is 0.142. The summed E-state index contributed by atoms with van der Waals surface area (Å²) in [4.78, 5) is 13.5. The molecular weight excluding hydrogens is 214 g/mol. The van der Waals surface area contributed by atoms with Crippen LogP contribution in [0.25, 0.3) is 0 Å². The maximum absolute atomic E-state index is 11.9. The van der Waals surface area contributed by atoms with Crippen molar-refractivity contribution in [2.24, 2.45) is 5.92 Å². The molecule has 0 aliphatic carbocycles. The number of amides is 1. The summed E-state index contributed by atoms with van der Waals surface area (Å²) in [5.41, 5.74) is 2.07. The highest BCUT2D eigenvalue weighted by Gasteiger charge is 2.19. The van der Waals surface area contributed by atoms with Gasteiger partial charge in [0.15, 0.2) is 0 Å². The van der Waals surface area contributed by atoms with Crippen molar-refractivity contribution in [3.63, 3.8) is 0 Å². The predicted molar refractivity (Wildman–Crippen MR) is 68.0 cm³/mol. The van der Waals surface area contributed by atoms with E-state index >= 15 is 0 Å². The molecule has 0 atom stereocenters. The van der Waals surface area contributed by atoms with E-state index in [0.29, 0.717) is 12.5 Å². The average Bonchev–Trinajstić information content (AvgIpc) is 2.35. The smallest absolute Gasteiger partial charge is 0.418 e. The Balaban J connectivity index is 2.13. The number of hydrogen-bond donors (Lipinski definition) is 0. The lowest BCUT2D eigenvalue weighted by Gasteiger charge is -2.24. The third kappa shape index (κ3) is 2.67. The molecule has 1 aliphatic rings. The molecule has 3 heteroatoms. The van der Waals surface area contributed by atoms with Crippen LogP contribution in [0.3, 0.4) is 0 Å². The first kappa shape index (κ1) is 11.7. The summed E-state index contributed by atoms with van der Waals surface area (Å²) in [7, 11) is 0. The van der Waals surface area contributed by atoms with Gasteiger partial charge in [0.2, 0.25) is 0 Å². The Morgan fingerprint density at radius 1 is 1.41 bits per heavy atom. The van der Waals surface area contributed by atoms with Gasteiger partial charge >= 0.3 is 6.09 Å². The number of benzene rings is 1. The van der Waals surface area contributed by atoms with Gasteiger partial charge in [0.05, 0.1) is 12.3 Å². The van der Waals surface area contributed by atoms with Crippen LogP contribution in [0.15, 0.2) is 36.5 Å². The summed E-state index contributed by atoms with van der Waals surface area (Å²) in [6, 6.07) is 7.88. The van der Waals surface area contributed by atoms with E-state index < -0.39 is 0 Å². The Labute approximate surface area is 102 Å². The van der Waals surface area contributed by atoms with E-state index in [1.165, 1.54) is 0 Å². The second-order valence-electron chi connectivity index (χ2n) is 4.56. The Bertz CT molecular complexity index is 438. The highest BCUT2D eigenvalue weighted by Crippen LogP contribution is 2.25. The molecule has 0 unspecified atom stereocenters. The summed E-state index contributed by atoms with van der Waals surface area (Å²) in [6.45, 7) is 4.49. The second kappa shape index (κ2) is 5.04. The van der Waals surface area contributed by atoms with Crippen molar-refractivity contribution in [2.75, 3.05) is 11.5 Å². The molecule has 0 saturated heterocycles. The van der Waals surface area contributed by atoms with E-state index in [1.54, 1.807) is 11.1 Å². The molecule has 0 radical (unpaired) electrons. The Morgan fingerprint density at radius 3 is 2.94 bits per heavy atom. The van der Waals surface area contributed by atoms with Crippen molar-refractivity contribution >= 4 is 11.8 Å². The van der Waals surface area contributed by atoms with Crippen molar-refractivity contribution < 1.29 is 9.53 Å². The van der Waals surface area contributed by atoms with Gasteiger partial charge in [0.25, 0.3) is 0 Å². The van der Waals surface area contributed by atoms with Crippen molar-refractivity contribution in [1.29, 1.82) is 0 Å². The first-order chi connectivity index (χ1) is 8.18. The van der Waals surface area contributed by atoms with E-state index in [2.05, 4.69) is 0 Å². The fraction of sp³-hybridized carbons (Fsp3) is 0.357. The first-order valence-corrected chi connectivity index (χ1v) is 5.89. The summed E-state index contributed by atoms with van der Waals surface area (Å²) < 4.78 is 5.24. The summed E-state index contributed by atoms with van der Waals surface area (Å²) in [5, 5.41) is 0. The number of anilines is 1. The van der Waals surface area contributed by atoms with Crippen LogP contribution < -0.4 is 4.90 Å². The fourth-order valence-corrected chi connectivity index (χ4v) is 1.75. The third-order valence-electron chi connectivity index (χ3n) is 2.58. The first-order valence-electron chi connectivity index (χ1n) is 5.89. The minimum absolute atomic E-state index is 0.304. The van der Waals surface area contributed by atoms with Crippen LogP contribution in [0, 0.1) is 5.92 Å². The summed E-state index contributed by atoms with van der Waals surface area (Å²) >= 11 is 0. The van der Waals surface area contributed by atoms with Gasteiger partial charge in [-0.05, 0) is 24.0 Å². The molecule has 17 heavy (non-hydrogen) atoms. The van der Waals surface area contributed by atoms with Crippen molar-refractivity contribution in [3.05, 3.63) is 42.1 Å². The molecule has 1 aliphatic heterocycles.